The number of rotatable bonds is 44. The molecule has 0 atom stereocenters. The Balaban J connectivity index is 0.00000119. The predicted molar refractivity (Wildman–Crippen MR) is 368 cm³/mol. The maximum Gasteiger partial charge on any atom is 2.00 e. The zero-order valence-electron chi connectivity index (χ0n) is 56.7. The number of carboxylic acids is 2. The number of unbranched alkanes of at least 4 members (excludes halogenated alkanes) is 27. The predicted octanol–water partition coefficient (Wildman–Crippen LogP) is 20.1. The molecule has 0 spiro atoms. The van der Waals surface area contributed by atoms with Crippen LogP contribution in [0.4, 0.5) is 11.4 Å². The van der Waals surface area contributed by atoms with E-state index in [1.807, 2.05) is 0 Å². The number of benzene rings is 4. The molecule has 0 aliphatic rings. The summed E-state index contributed by atoms with van der Waals surface area (Å²) in [6.45, 7) is 17.2. The van der Waals surface area contributed by atoms with Crippen LogP contribution in [0.5, 0.6) is 23.0 Å². The van der Waals surface area contributed by atoms with E-state index in [-0.39, 0.29) is 27.6 Å². The van der Waals surface area contributed by atoms with Gasteiger partial charge in [0.15, 0.2) is 23.0 Å². The number of carboxylic acid groups (broad SMARTS) is 2. The average Bonchev–Trinajstić information content (AvgIpc) is 3.71. The molecule has 0 saturated heterocycles. The zero-order valence-corrected chi connectivity index (χ0v) is 57.7. The molecule has 0 aromatic heterocycles. The molecule has 11 heteroatoms. The SMILES string of the molecule is CCCCCCCCCCCCCCCCCCCCCCCCCCCCC#CC(=Nc1cc(CCC)cc(CCC)c1)C(CCCC)=Nc1cc(CCC)cc(CCC)c1.CCc1ccc(O)c(O)c1C(=O)[O-].CCc1ccc(O)c(O)c1C(=O)[O-].[Ni+2]. The molecule has 0 saturated carbocycles. The first kappa shape index (κ1) is 81.4. The van der Waals surface area contributed by atoms with Crippen LogP contribution in [0.1, 0.15) is 328 Å². The van der Waals surface area contributed by atoms with Gasteiger partial charge in [0, 0.05) is 17.5 Å². The van der Waals surface area contributed by atoms with E-state index in [1.165, 1.54) is 213 Å². The first-order chi connectivity index (χ1) is 42.7. The smallest absolute Gasteiger partial charge is 0.545 e. The van der Waals surface area contributed by atoms with Gasteiger partial charge in [0.1, 0.15) is 5.71 Å². The van der Waals surface area contributed by atoms with Gasteiger partial charge in [-0.25, -0.2) is 4.99 Å². The molecule has 89 heavy (non-hydrogen) atoms. The molecule has 0 heterocycles. The van der Waals surface area contributed by atoms with E-state index >= 15 is 0 Å². The number of aromatic hydroxyl groups is 4. The van der Waals surface area contributed by atoms with Crippen molar-refractivity contribution in [3.8, 4) is 34.8 Å². The normalized spacial score (nSPS) is 11.2. The second-order valence-corrected chi connectivity index (χ2v) is 24.2. The molecule has 4 rings (SSSR count). The van der Waals surface area contributed by atoms with Gasteiger partial charge in [-0.1, -0.05) is 278 Å². The number of aryl methyl sites for hydroxylation is 6. The molecular weight excluding hydrogens is 1150 g/mol. The average molecular weight is 1270 g/mol. The fourth-order valence-corrected chi connectivity index (χ4v) is 11.3. The molecule has 0 fully saturated rings. The van der Waals surface area contributed by atoms with Gasteiger partial charge in [0.05, 0.1) is 29.0 Å². The van der Waals surface area contributed by atoms with E-state index in [9.17, 15) is 30.0 Å². The standard InChI is InChI=1S/C60H100N2.2C9H10O4.Ni/c1-7-13-15-16-17-18-19-20-21-22-23-24-25-26-27-28-29-30-31-32-33-34-35-36-37-38-39-40-46-60(62-58-51-55(43-11-5)48-56(52-58)44-12-6)59(45-14-8-2)61-57-49-53(41-9-3)47-54(50-57)42-10-4;2*1-2-5-3-4-6(10)8(11)7(5)9(12)13;/h47-52H,7-39,41-45H2,1-6H3;2*3-4,10-11H,2H2,1H3,(H,12,13);/q;;;+2/p-2. The van der Waals surface area contributed by atoms with Crippen LogP contribution in [-0.2, 0) is 55.0 Å². The third-order valence-electron chi connectivity index (χ3n) is 16.3. The largest absolute Gasteiger partial charge is 2.00 e. The van der Waals surface area contributed by atoms with Crippen molar-refractivity contribution >= 4 is 34.7 Å². The Morgan fingerprint density at radius 2 is 0.697 bits per heavy atom. The van der Waals surface area contributed by atoms with Gasteiger partial charge in [-0.2, -0.15) is 0 Å². The number of hydrogen-bond acceptors (Lipinski definition) is 10. The molecule has 4 aromatic carbocycles. The number of carbonyl (C=O) groups is 2. The number of carbonyl (C=O) groups excluding carboxylic acids is 2. The van der Waals surface area contributed by atoms with Crippen LogP contribution < -0.4 is 10.2 Å². The van der Waals surface area contributed by atoms with Crippen LogP contribution >= 0.6 is 0 Å². The van der Waals surface area contributed by atoms with E-state index in [4.69, 9.17) is 20.2 Å². The Morgan fingerprint density at radius 3 is 0.989 bits per heavy atom. The number of aromatic carboxylic acids is 2. The van der Waals surface area contributed by atoms with Crippen molar-refractivity contribution in [1.82, 2.24) is 0 Å². The summed E-state index contributed by atoms with van der Waals surface area (Å²) in [5, 5.41) is 57.6. The Morgan fingerprint density at radius 1 is 0.393 bits per heavy atom. The van der Waals surface area contributed by atoms with E-state index in [1.54, 1.807) is 13.8 Å². The van der Waals surface area contributed by atoms with Gasteiger partial charge in [-0.3, -0.25) is 4.99 Å². The maximum atomic E-state index is 10.6. The second kappa shape index (κ2) is 52.1. The third kappa shape index (κ3) is 35.6. The minimum absolute atomic E-state index is 0. The fourth-order valence-electron chi connectivity index (χ4n) is 11.3. The summed E-state index contributed by atoms with van der Waals surface area (Å²) >= 11 is 0. The first-order valence-electron chi connectivity index (χ1n) is 35.1. The topological polar surface area (TPSA) is 186 Å². The number of aliphatic imine (C=N–C) groups is 2. The van der Waals surface area contributed by atoms with Crippen LogP contribution in [0.15, 0.2) is 70.6 Å². The fraction of sp³-hybridized carbons (Fsp3) is 0.615. The Kier molecular flexibility index (Phi) is 47.6. The van der Waals surface area contributed by atoms with Crippen molar-refractivity contribution in [2.45, 2.75) is 312 Å². The molecule has 0 bridgehead atoms. The van der Waals surface area contributed by atoms with Crippen molar-refractivity contribution in [1.29, 1.82) is 0 Å². The summed E-state index contributed by atoms with van der Waals surface area (Å²) in [6.07, 6.45) is 51.0. The number of nitrogens with zero attached hydrogens (tertiary/aromatic N) is 2. The van der Waals surface area contributed by atoms with Crippen LogP contribution in [0, 0.1) is 11.8 Å². The molecule has 10 nitrogen and oxygen atoms in total. The van der Waals surface area contributed by atoms with Gasteiger partial charge in [0.25, 0.3) is 0 Å². The number of phenolic OH excluding ortho intramolecular Hbond substituents is 2. The summed E-state index contributed by atoms with van der Waals surface area (Å²) in [5.74, 6) is 2.11. The quantitative estimate of drug-likeness (QED) is 0.0111. The summed E-state index contributed by atoms with van der Waals surface area (Å²) < 4.78 is 0. The molecule has 0 aliphatic heterocycles. The van der Waals surface area contributed by atoms with Gasteiger partial charge in [0.2, 0.25) is 0 Å². The molecule has 0 unspecified atom stereocenters. The molecular formula is C78H118N2NiO8. The minimum atomic E-state index is -1.48. The Labute approximate surface area is 550 Å². The zero-order chi connectivity index (χ0) is 64.6. The van der Waals surface area contributed by atoms with Gasteiger partial charge < -0.3 is 40.2 Å². The van der Waals surface area contributed by atoms with Crippen molar-refractivity contribution in [2.75, 3.05) is 0 Å². The van der Waals surface area contributed by atoms with Gasteiger partial charge in [-0.15, -0.1) is 0 Å². The molecule has 4 aromatic rings. The van der Waals surface area contributed by atoms with Crippen LogP contribution in [0.3, 0.4) is 0 Å². The molecule has 4 N–H and O–H groups in total. The van der Waals surface area contributed by atoms with E-state index in [0.29, 0.717) is 24.0 Å². The third-order valence-corrected chi connectivity index (χ3v) is 16.3. The van der Waals surface area contributed by atoms with Crippen molar-refractivity contribution in [2.24, 2.45) is 9.98 Å². The van der Waals surface area contributed by atoms with Crippen LogP contribution in [-0.4, -0.2) is 43.8 Å². The molecule has 0 amide bonds. The number of phenols is 4. The minimum Gasteiger partial charge on any atom is -0.545 e. The monoisotopic (exact) mass is 1270 g/mol. The summed E-state index contributed by atoms with van der Waals surface area (Å²) in [4.78, 5) is 31.9. The number of hydrogen-bond donors (Lipinski definition) is 4. The van der Waals surface area contributed by atoms with Crippen molar-refractivity contribution < 1.29 is 56.7 Å². The summed E-state index contributed by atoms with van der Waals surface area (Å²) in [5.41, 5.74) is 9.83. The van der Waals surface area contributed by atoms with E-state index < -0.39 is 34.9 Å². The maximum absolute atomic E-state index is 10.6. The molecule has 0 radical (unpaired) electrons. The van der Waals surface area contributed by atoms with Gasteiger partial charge in [-0.05, 0) is 133 Å². The van der Waals surface area contributed by atoms with Crippen LogP contribution in [0.25, 0.3) is 0 Å². The van der Waals surface area contributed by atoms with Crippen molar-refractivity contribution in [3.05, 3.63) is 105 Å². The molecule has 0 aliphatic carbocycles. The Hall–Kier alpha value is -5.59. The first-order valence-corrected chi connectivity index (χ1v) is 35.1. The second-order valence-electron chi connectivity index (χ2n) is 24.2. The van der Waals surface area contributed by atoms with Gasteiger partial charge >= 0.3 is 16.5 Å². The van der Waals surface area contributed by atoms with Crippen LogP contribution in [0.2, 0.25) is 0 Å². The Bertz CT molecular complexity index is 2570. The van der Waals surface area contributed by atoms with E-state index in [0.717, 1.165) is 99.8 Å². The summed E-state index contributed by atoms with van der Waals surface area (Å²) in [7, 11) is 0. The van der Waals surface area contributed by atoms with Crippen molar-refractivity contribution in [3.63, 3.8) is 0 Å². The molecule has 498 valence electrons. The summed E-state index contributed by atoms with van der Waals surface area (Å²) in [6, 6.07) is 19.4. The van der Waals surface area contributed by atoms with E-state index in [2.05, 4.69) is 89.8 Å².